The van der Waals surface area contributed by atoms with Crippen molar-refractivity contribution >= 4 is 27.3 Å². The van der Waals surface area contributed by atoms with Crippen LogP contribution in [0.1, 0.15) is 26.3 Å². The Bertz CT molecular complexity index is 546. The van der Waals surface area contributed by atoms with Crippen molar-refractivity contribution in [2.24, 2.45) is 0 Å². The molecule has 0 atom stereocenters. The van der Waals surface area contributed by atoms with Crippen molar-refractivity contribution in [3.8, 4) is 5.75 Å². The Morgan fingerprint density at radius 1 is 1.33 bits per heavy atom. The van der Waals surface area contributed by atoms with E-state index in [1.807, 2.05) is 20.8 Å². The van der Waals surface area contributed by atoms with Gasteiger partial charge < -0.3 is 9.47 Å². The van der Waals surface area contributed by atoms with Crippen LogP contribution < -0.4 is 9.46 Å². The predicted octanol–water partition coefficient (Wildman–Crippen LogP) is 2.99. The van der Waals surface area contributed by atoms with Crippen molar-refractivity contribution in [1.29, 1.82) is 0 Å². The van der Waals surface area contributed by atoms with Gasteiger partial charge in [-0.15, -0.1) is 11.6 Å². The fourth-order valence-corrected chi connectivity index (χ4v) is 2.78. The summed E-state index contributed by atoms with van der Waals surface area (Å²) in [5, 5.41) is 0. The zero-order chi connectivity index (χ0) is 15.9. The molecule has 0 unspecified atom stereocenters. The van der Waals surface area contributed by atoms with Crippen molar-refractivity contribution in [3.05, 3.63) is 23.8 Å². The van der Waals surface area contributed by atoms with E-state index in [1.165, 1.54) is 0 Å². The zero-order valence-corrected chi connectivity index (χ0v) is 14.1. The lowest BCUT2D eigenvalue weighted by Crippen LogP contribution is -2.21. The highest BCUT2D eigenvalue weighted by Gasteiger charge is 2.12. The smallest absolute Gasteiger partial charge is 0.235 e. The molecule has 1 N–H and O–H groups in total. The molecule has 0 heterocycles. The number of alkyl halides is 1. The number of sulfonamides is 1. The van der Waals surface area contributed by atoms with Gasteiger partial charge in [-0.2, -0.15) is 0 Å². The Kier molecular flexibility index (Phi) is 7.28. The lowest BCUT2D eigenvalue weighted by atomic mass is 10.2. The molecule has 0 aliphatic rings. The van der Waals surface area contributed by atoms with Gasteiger partial charge in [0, 0.05) is 11.3 Å². The molecule has 120 valence electrons. The normalized spacial score (nSPS) is 11.7. The first-order valence-corrected chi connectivity index (χ1v) is 9.00. The largest absolute Gasteiger partial charge is 0.494 e. The third-order valence-electron chi connectivity index (χ3n) is 2.58. The molecular formula is C14H22ClNO4S. The second kappa shape index (κ2) is 8.46. The van der Waals surface area contributed by atoms with E-state index < -0.39 is 10.0 Å². The first kappa shape index (κ1) is 18.1. The number of rotatable bonds is 9. The third kappa shape index (κ3) is 6.54. The zero-order valence-electron chi connectivity index (χ0n) is 12.6. The van der Waals surface area contributed by atoms with Crippen molar-refractivity contribution in [2.75, 3.05) is 23.7 Å². The lowest BCUT2D eigenvalue weighted by Gasteiger charge is -2.13. The number of hydrogen-bond acceptors (Lipinski definition) is 4. The molecule has 1 rings (SSSR count). The van der Waals surface area contributed by atoms with E-state index in [1.54, 1.807) is 18.2 Å². The molecule has 0 aromatic heterocycles. The van der Waals surface area contributed by atoms with E-state index in [0.29, 0.717) is 18.0 Å². The first-order valence-electron chi connectivity index (χ1n) is 6.81. The number of anilines is 1. The first-order chi connectivity index (χ1) is 9.88. The van der Waals surface area contributed by atoms with Crippen molar-refractivity contribution in [1.82, 2.24) is 0 Å². The van der Waals surface area contributed by atoms with E-state index in [2.05, 4.69) is 4.72 Å². The monoisotopic (exact) mass is 335 g/mol. The highest BCUT2D eigenvalue weighted by Crippen LogP contribution is 2.25. The molecule has 0 spiro atoms. The number of benzene rings is 1. The molecule has 0 aliphatic heterocycles. The maximum Gasteiger partial charge on any atom is 0.235 e. The van der Waals surface area contributed by atoms with Crippen LogP contribution in [0.2, 0.25) is 0 Å². The molecule has 0 bridgehead atoms. The summed E-state index contributed by atoms with van der Waals surface area (Å²) in [5.41, 5.74) is 1.22. The van der Waals surface area contributed by atoms with Gasteiger partial charge >= 0.3 is 0 Å². The minimum absolute atomic E-state index is 0.00790. The summed E-state index contributed by atoms with van der Waals surface area (Å²) >= 11 is 5.85. The van der Waals surface area contributed by atoms with Gasteiger partial charge in [-0.3, -0.25) is 4.72 Å². The number of hydrogen-bond donors (Lipinski definition) is 1. The van der Waals surface area contributed by atoms with Crippen molar-refractivity contribution in [3.63, 3.8) is 0 Å². The Labute approximate surface area is 131 Å². The Morgan fingerprint density at radius 3 is 2.62 bits per heavy atom. The summed E-state index contributed by atoms with van der Waals surface area (Å²) in [5.74, 6) is 0.828. The quantitative estimate of drug-likeness (QED) is 0.705. The molecule has 0 saturated carbocycles. The van der Waals surface area contributed by atoms with E-state index in [4.69, 9.17) is 21.1 Å². The summed E-state index contributed by atoms with van der Waals surface area (Å²) in [6.45, 7) is 6.29. The highest BCUT2D eigenvalue weighted by molar-refractivity contribution is 7.92. The van der Waals surface area contributed by atoms with Gasteiger partial charge in [-0.05, 0) is 39.0 Å². The van der Waals surface area contributed by atoms with Gasteiger partial charge in [0.15, 0.2) is 0 Å². The topological polar surface area (TPSA) is 64.6 Å². The third-order valence-corrected chi connectivity index (χ3v) is 4.12. The highest BCUT2D eigenvalue weighted by atomic mass is 35.5. The average molecular weight is 336 g/mol. The molecule has 1 aromatic carbocycles. The summed E-state index contributed by atoms with van der Waals surface area (Å²) in [6.07, 6.45) is 0.00790. The number of nitrogens with one attached hydrogen (secondary N) is 1. The van der Waals surface area contributed by atoms with Crippen LogP contribution in [0.25, 0.3) is 0 Å². The van der Waals surface area contributed by atoms with E-state index >= 15 is 0 Å². The van der Waals surface area contributed by atoms with Gasteiger partial charge in [-0.1, -0.05) is 0 Å². The Morgan fingerprint density at radius 2 is 2.05 bits per heavy atom. The summed E-state index contributed by atoms with van der Waals surface area (Å²) in [6, 6.07) is 5.05. The van der Waals surface area contributed by atoms with Crippen LogP contribution in [-0.4, -0.2) is 33.5 Å². The van der Waals surface area contributed by atoms with Gasteiger partial charge in [0.25, 0.3) is 0 Å². The van der Waals surface area contributed by atoms with Crippen molar-refractivity contribution in [2.45, 2.75) is 32.8 Å². The van der Waals surface area contributed by atoms with Crippen LogP contribution in [0.5, 0.6) is 5.75 Å². The summed E-state index contributed by atoms with van der Waals surface area (Å²) < 4.78 is 37.1. The van der Waals surface area contributed by atoms with E-state index in [-0.39, 0.29) is 24.3 Å². The molecular weight excluding hydrogens is 314 g/mol. The van der Waals surface area contributed by atoms with Gasteiger partial charge in [0.1, 0.15) is 5.75 Å². The SMILES string of the molecule is CCOc1ccc(NS(=O)(=O)CCOC(C)C)cc1CCl. The van der Waals surface area contributed by atoms with E-state index in [9.17, 15) is 8.42 Å². The molecule has 0 aliphatic carbocycles. The molecule has 0 fully saturated rings. The van der Waals surface area contributed by atoms with Crippen LogP contribution in [0.4, 0.5) is 5.69 Å². The minimum Gasteiger partial charge on any atom is -0.494 e. The second-order valence-corrected chi connectivity index (χ2v) is 6.84. The maximum absolute atomic E-state index is 11.9. The van der Waals surface area contributed by atoms with E-state index in [0.717, 1.165) is 5.56 Å². The van der Waals surface area contributed by atoms with Gasteiger partial charge in [-0.25, -0.2) is 8.42 Å². The lowest BCUT2D eigenvalue weighted by molar-refractivity contribution is 0.0913. The van der Waals surface area contributed by atoms with Crippen LogP contribution in [-0.2, 0) is 20.6 Å². The maximum atomic E-state index is 11.9. The Balaban J connectivity index is 2.73. The molecule has 21 heavy (non-hydrogen) atoms. The van der Waals surface area contributed by atoms with Crippen LogP contribution in [0.3, 0.4) is 0 Å². The molecule has 5 nitrogen and oxygen atoms in total. The van der Waals surface area contributed by atoms with Gasteiger partial charge in [0.05, 0.1) is 31.0 Å². The fourth-order valence-electron chi connectivity index (χ4n) is 1.67. The average Bonchev–Trinajstić information content (AvgIpc) is 2.39. The van der Waals surface area contributed by atoms with Crippen molar-refractivity contribution < 1.29 is 17.9 Å². The number of halogens is 1. The second-order valence-electron chi connectivity index (χ2n) is 4.73. The summed E-state index contributed by atoms with van der Waals surface area (Å²) in [4.78, 5) is 0. The molecule has 0 saturated heterocycles. The minimum atomic E-state index is -3.44. The standard InChI is InChI=1S/C14H22ClNO4S/c1-4-19-14-6-5-13(9-12(14)10-15)16-21(17,18)8-7-20-11(2)3/h5-6,9,11,16H,4,7-8,10H2,1-3H3. The van der Waals surface area contributed by atoms with Crippen LogP contribution in [0, 0.1) is 0 Å². The van der Waals surface area contributed by atoms with Crippen LogP contribution in [0.15, 0.2) is 18.2 Å². The fraction of sp³-hybridized carbons (Fsp3) is 0.571. The predicted molar refractivity (Wildman–Crippen MR) is 85.7 cm³/mol. The summed E-state index contributed by atoms with van der Waals surface area (Å²) in [7, 11) is -3.44. The Hall–Kier alpha value is -0.980. The molecule has 1 aromatic rings. The van der Waals surface area contributed by atoms with Crippen LogP contribution >= 0.6 is 11.6 Å². The molecule has 0 amide bonds. The molecule has 0 radical (unpaired) electrons. The van der Waals surface area contributed by atoms with Gasteiger partial charge in [0.2, 0.25) is 10.0 Å². The number of ether oxygens (including phenoxy) is 2. The molecule has 7 heteroatoms.